The van der Waals surface area contributed by atoms with E-state index >= 15 is 0 Å². The molecule has 25 heavy (non-hydrogen) atoms. The summed E-state index contributed by atoms with van der Waals surface area (Å²) in [5.41, 5.74) is 8.14. The molecule has 3 rings (SSSR count). The first-order valence-electron chi connectivity index (χ1n) is 8.39. The Labute approximate surface area is 147 Å². The smallest absolute Gasteiger partial charge is 0.254 e. The molecule has 5 heteroatoms. The molecule has 2 aromatic rings. The quantitative estimate of drug-likeness (QED) is 0.877. The van der Waals surface area contributed by atoms with Gasteiger partial charge in [-0.25, -0.2) is 0 Å². The van der Waals surface area contributed by atoms with Gasteiger partial charge in [0.25, 0.3) is 5.91 Å². The topological polar surface area (TPSA) is 72.6 Å². The first kappa shape index (κ1) is 17.0. The molecule has 0 radical (unpaired) electrons. The van der Waals surface area contributed by atoms with Crippen LogP contribution in [0.4, 0.5) is 0 Å². The second-order valence-electron chi connectivity index (χ2n) is 6.35. The molecule has 0 saturated carbocycles. The second kappa shape index (κ2) is 7.38. The maximum atomic E-state index is 12.9. The maximum absolute atomic E-state index is 12.9. The Morgan fingerprint density at radius 1 is 1.20 bits per heavy atom. The van der Waals surface area contributed by atoms with E-state index < -0.39 is 5.91 Å². The third kappa shape index (κ3) is 3.99. The van der Waals surface area contributed by atoms with E-state index in [-0.39, 0.29) is 18.4 Å². The lowest BCUT2D eigenvalue weighted by Crippen LogP contribution is -2.41. The number of likely N-dealkylation sites (N-methyl/N-ethyl adjacent to an activating group) is 1. The molecule has 0 aliphatic carbocycles. The van der Waals surface area contributed by atoms with Crippen LogP contribution in [-0.2, 0) is 17.6 Å². The van der Waals surface area contributed by atoms with Gasteiger partial charge < -0.3 is 15.4 Å². The van der Waals surface area contributed by atoms with Crippen LogP contribution in [0.3, 0.4) is 0 Å². The Kier molecular flexibility index (Phi) is 5.03. The van der Waals surface area contributed by atoms with Gasteiger partial charge in [-0.2, -0.15) is 0 Å². The van der Waals surface area contributed by atoms with Gasteiger partial charge in [-0.1, -0.05) is 36.4 Å². The van der Waals surface area contributed by atoms with Crippen LogP contribution in [0.25, 0.3) is 0 Å². The van der Waals surface area contributed by atoms with Gasteiger partial charge >= 0.3 is 0 Å². The number of ether oxygens (including phenoxy) is 1. The molecule has 1 heterocycles. The summed E-state index contributed by atoms with van der Waals surface area (Å²) in [5.74, 6) is 0.215. The number of carbonyl (C=O) groups excluding carboxylic acids is 2. The summed E-state index contributed by atoms with van der Waals surface area (Å²) >= 11 is 0. The van der Waals surface area contributed by atoms with Crippen molar-refractivity contribution in [1.29, 1.82) is 0 Å². The zero-order chi connectivity index (χ0) is 17.8. The first-order chi connectivity index (χ1) is 12.0. The van der Waals surface area contributed by atoms with E-state index in [2.05, 4.69) is 0 Å². The molecule has 2 N–H and O–H groups in total. The zero-order valence-electron chi connectivity index (χ0n) is 14.3. The molecule has 0 spiro atoms. The fourth-order valence-corrected chi connectivity index (χ4v) is 3.13. The highest BCUT2D eigenvalue weighted by atomic mass is 16.5. The number of fused-ring (bicyclic) bond motifs is 1. The molecule has 130 valence electrons. The van der Waals surface area contributed by atoms with Crippen molar-refractivity contribution in [3.63, 3.8) is 0 Å². The van der Waals surface area contributed by atoms with Crippen LogP contribution in [0.1, 0.15) is 27.9 Å². The minimum absolute atomic E-state index is 0.124. The molecule has 0 saturated heterocycles. The third-order valence-electron chi connectivity index (χ3n) is 4.56. The van der Waals surface area contributed by atoms with Crippen molar-refractivity contribution < 1.29 is 14.3 Å². The average Bonchev–Trinajstić information content (AvgIpc) is 3.08. The number of rotatable bonds is 6. The number of hydrogen-bond acceptors (Lipinski definition) is 3. The Hall–Kier alpha value is -2.82. The fraction of sp³-hybridized carbons (Fsp3) is 0.300. The summed E-state index contributed by atoms with van der Waals surface area (Å²) in [6, 6.07) is 15.0. The van der Waals surface area contributed by atoms with Crippen LogP contribution < -0.4 is 10.5 Å². The van der Waals surface area contributed by atoms with Crippen LogP contribution in [-0.4, -0.2) is 36.4 Å². The summed E-state index contributed by atoms with van der Waals surface area (Å²) in [6.45, 7) is 0.654. The number of nitrogens with two attached hydrogens (primary N) is 1. The summed E-state index contributed by atoms with van der Waals surface area (Å²) in [4.78, 5) is 26.0. The van der Waals surface area contributed by atoms with Gasteiger partial charge in [-0.05, 0) is 29.7 Å². The molecule has 5 nitrogen and oxygen atoms in total. The molecule has 1 atom stereocenters. The van der Waals surface area contributed by atoms with Crippen LogP contribution in [0.2, 0.25) is 0 Å². The zero-order valence-corrected chi connectivity index (χ0v) is 14.3. The molecule has 2 aromatic carbocycles. The van der Waals surface area contributed by atoms with Gasteiger partial charge in [0.2, 0.25) is 5.91 Å². The van der Waals surface area contributed by atoms with Crippen molar-refractivity contribution in [2.24, 2.45) is 5.73 Å². The minimum atomic E-state index is -0.419. The largest absolute Gasteiger partial charge is 0.493 e. The minimum Gasteiger partial charge on any atom is -0.493 e. The van der Waals surface area contributed by atoms with Crippen molar-refractivity contribution in [2.45, 2.75) is 25.3 Å². The first-order valence-corrected chi connectivity index (χ1v) is 8.39. The standard InChI is InChI=1S/C20H22N2O3/c1-22(17(13-19(21)23)11-14-5-3-2-4-6-14)20(24)16-8-7-15-9-10-25-18(15)12-16/h2-8,12,17H,9-11,13H2,1H3,(H2,21,23)/t17-/m0/s1. The monoisotopic (exact) mass is 338 g/mol. The van der Waals surface area contributed by atoms with E-state index in [1.54, 1.807) is 18.0 Å². The Balaban J connectivity index is 1.79. The molecular weight excluding hydrogens is 316 g/mol. The van der Waals surface area contributed by atoms with Gasteiger partial charge in [0.05, 0.1) is 6.61 Å². The van der Waals surface area contributed by atoms with Crippen molar-refractivity contribution in [3.05, 3.63) is 65.2 Å². The number of benzene rings is 2. The molecule has 1 aliphatic heterocycles. The maximum Gasteiger partial charge on any atom is 0.254 e. The number of hydrogen-bond donors (Lipinski definition) is 1. The van der Waals surface area contributed by atoms with Crippen molar-refractivity contribution >= 4 is 11.8 Å². The highest BCUT2D eigenvalue weighted by Crippen LogP contribution is 2.27. The van der Waals surface area contributed by atoms with Gasteiger partial charge in [0, 0.05) is 31.5 Å². The summed E-state index contributed by atoms with van der Waals surface area (Å²) in [5, 5.41) is 0. The average molecular weight is 338 g/mol. The van der Waals surface area contributed by atoms with Crippen LogP contribution in [0.5, 0.6) is 5.75 Å². The number of amides is 2. The van der Waals surface area contributed by atoms with E-state index in [0.29, 0.717) is 18.6 Å². The van der Waals surface area contributed by atoms with Gasteiger partial charge in [-0.15, -0.1) is 0 Å². The predicted octanol–water partition coefficient (Wildman–Crippen LogP) is 2.18. The van der Waals surface area contributed by atoms with E-state index in [1.807, 2.05) is 42.5 Å². The van der Waals surface area contributed by atoms with Crippen LogP contribution >= 0.6 is 0 Å². The van der Waals surface area contributed by atoms with Gasteiger partial charge in [-0.3, -0.25) is 9.59 Å². The lowest BCUT2D eigenvalue weighted by Gasteiger charge is -2.28. The fourth-order valence-electron chi connectivity index (χ4n) is 3.13. The molecule has 1 aliphatic rings. The summed E-state index contributed by atoms with van der Waals surface area (Å²) < 4.78 is 5.54. The molecule has 2 amide bonds. The molecular formula is C20H22N2O3. The Morgan fingerprint density at radius 3 is 2.68 bits per heavy atom. The van der Waals surface area contributed by atoms with Crippen molar-refractivity contribution in [3.8, 4) is 5.75 Å². The van der Waals surface area contributed by atoms with E-state index in [1.165, 1.54) is 0 Å². The van der Waals surface area contributed by atoms with E-state index in [4.69, 9.17) is 10.5 Å². The predicted molar refractivity (Wildman–Crippen MR) is 95.5 cm³/mol. The van der Waals surface area contributed by atoms with E-state index in [9.17, 15) is 9.59 Å². The van der Waals surface area contributed by atoms with Crippen LogP contribution in [0.15, 0.2) is 48.5 Å². The highest BCUT2D eigenvalue weighted by Gasteiger charge is 2.24. The summed E-state index contributed by atoms with van der Waals surface area (Å²) in [6.07, 6.45) is 1.57. The van der Waals surface area contributed by atoms with Crippen LogP contribution in [0, 0.1) is 0 Å². The van der Waals surface area contributed by atoms with Crippen molar-refractivity contribution in [2.75, 3.05) is 13.7 Å². The second-order valence-corrected chi connectivity index (χ2v) is 6.35. The number of primary amides is 1. The lowest BCUT2D eigenvalue weighted by atomic mass is 10.0. The van der Waals surface area contributed by atoms with Gasteiger partial charge in [0.1, 0.15) is 5.75 Å². The summed E-state index contributed by atoms with van der Waals surface area (Å²) in [7, 11) is 1.72. The Morgan fingerprint density at radius 2 is 1.96 bits per heavy atom. The SMILES string of the molecule is CN(C(=O)c1ccc2c(c1)OCC2)[C@H](CC(N)=O)Cc1ccccc1. The molecule has 0 aromatic heterocycles. The normalized spacial score (nSPS) is 13.6. The molecule has 0 bridgehead atoms. The number of carbonyl (C=O) groups is 2. The number of nitrogens with zero attached hydrogens (tertiary/aromatic N) is 1. The third-order valence-corrected chi connectivity index (χ3v) is 4.56. The lowest BCUT2D eigenvalue weighted by molar-refractivity contribution is -0.118. The Bertz CT molecular complexity index is 774. The van der Waals surface area contributed by atoms with Crippen molar-refractivity contribution in [1.82, 2.24) is 4.90 Å². The highest BCUT2D eigenvalue weighted by molar-refractivity contribution is 5.95. The molecule has 0 fully saturated rings. The van der Waals surface area contributed by atoms with E-state index in [0.717, 1.165) is 23.3 Å². The molecule has 0 unspecified atom stereocenters. The van der Waals surface area contributed by atoms with Gasteiger partial charge in [0.15, 0.2) is 0 Å².